The molecule has 5 amide bonds. The smallest absolute Gasteiger partial charge is 0.243 e. The highest BCUT2D eigenvalue weighted by atomic mass is 16.2. The highest BCUT2D eigenvalue weighted by Gasteiger charge is 2.32. The van der Waals surface area contributed by atoms with Crippen LogP contribution in [0, 0.1) is 0 Å². The Morgan fingerprint density at radius 2 is 1.00 bits per heavy atom. The summed E-state index contributed by atoms with van der Waals surface area (Å²) in [6.45, 7) is 0.957. The van der Waals surface area contributed by atoms with E-state index in [0.717, 1.165) is 51.3 Å². The van der Waals surface area contributed by atoms with Crippen molar-refractivity contribution in [3.63, 3.8) is 0 Å². The van der Waals surface area contributed by atoms with Gasteiger partial charge in [-0.05, 0) is 74.0 Å². The molecular formula is C43H55N9O5. The molecule has 0 aliphatic rings. The molecule has 2 heterocycles. The second kappa shape index (κ2) is 21.3. The SMILES string of the molecule is NCCCCCC(=O)N[C@H](Cc1c[nH]c2ccccc12)C(=O)N[C@H](Cc1c[nH]c2ccccc12)C(=O)N[C@@H](Cc1ccccc1)C(=O)N[C@@H](CCCCN)C(N)=O. The Morgan fingerprint density at radius 1 is 0.526 bits per heavy atom. The topological polar surface area (TPSA) is 243 Å². The lowest BCUT2D eigenvalue weighted by Gasteiger charge is -2.26. The molecule has 3 aromatic carbocycles. The van der Waals surface area contributed by atoms with E-state index in [4.69, 9.17) is 17.2 Å². The first-order valence-electron chi connectivity index (χ1n) is 19.7. The number of hydrogen-bond acceptors (Lipinski definition) is 7. The average molecular weight is 778 g/mol. The quantitative estimate of drug-likeness (QED) is 0.0449. The van der Waals surface area contributed by atoms with Crippen LogP contribution in [0.15, 0.2) is 91.3 Å². The zero-order chi connectivity index (χ0) is 40.6. The molecule has 0 saturated carbocycles. The van der Waals surface area contributed by atoms with Crippen molar-refractivity contribution in [1.29, 1.82) is 0 Å². The number of H-pyrrole nitrogens is 2. The van der Waals surface area contributed by atoms with Gasteiger partial charge < -0.3 is 48.4 Å². The fourth-order valence-electron chi connectivity index (χ4n) is 6.99. The lowest BCUT2D eigenvalue weighted by atomic mass is 10.00. The van der Waals surface area contributed by atoms with Crippen LogP contribution in [0.5, 0.6) is 0 Å². The van der Waals surface area contributed by atoms with Gasteiger partial charge in [-0.15, -0.1) is 0 Å². The summed E-state index contributed by atoms with van der Waals surface area (Å²) >= 11 is 0. The third-order valence-electron chi connectivity index (χ3n) is 10.1. The van der Waals surface area contributed by atoms with Crippen molar-refractivity contribution < 1.29 is 24.0 Å². The number of amides is 5. The number of fused-ring (bicyclic) bond motifs is 2. The highest BCUT2D eigenvalue weighted by molar-refractivity contribution is 5.96. The van der Waals surface area contributed by atoms with Gasteiger partial charge in [-0.1, -0.05) is 73.2 Å². The number of rotatable bonds is 23. The molecule has 57 heavy (non-hydrogen) atoms. The summed E-state index contributed by atoms with van der Waals surface area (Å²) in [6, 6.07) is 20.1. The van der Waals surface area contributed by atoms with Crippen LogP contribution < -0.4 is 38.5 Å². The third-order valence-corrected chi connectivity index (χ3v) is 10.1. The Bertz CT molecular complexity index is 2100. The second-order valence-electron chi connectivity index (χ2n) is 14.4. The zero-order valence-corrected chi connectivity index (χ0v) is 32.2. The molecule has 0 bridgehead atoms. The van der Waals surface area contributed by atoms with E-state index in [1.54, 1.807) is 6.20 Å². The number of carbonyl (C=O) groups excluding carboxylic acids is 5. The number of benzene rings is 3. The van der Waals surface area contributed by atoms with Gasteiger partial charge in [-0.3, -0.25) is 24.0 Å². The van der Waals surface area contributed by atoms with Crippen molar-refractivity contribution in [2.24, 2.45) is 17.2 Å². The molecule has 302 valence electrons. The summed E-state index contributed by atoms with van der Waals surface area (Å²) in [5, 5.41) is 13.3. The molecule has 14 heteroatoms. The van der Waals surface area contributed by atoms with Gasteiger partial charge in [0.05, 0.1) is 0 Å². The van der Waals surface area contributed by atoms with Crippen molar-refractivity contribution in [1.82, 2.24) is 31.2 Å². The minimum absolute atomic E-state index is 0.0666. The summed E-state index contributed by atoms with van der Waals surface area (Å²) in [5.74, 6) is -2.77. The Balaban J connectivity index is 1.43. The first-order valence-corrected chi connectivity index (χ1v) is 19.7. The van der Waals surface area contributed by atoms with Crippen molar-refractivity contribution in [2.45, 2.75) is 88.4 Å². The minimum Gasteiger partial charge on any atom is -0.368 e. The van der Waals surface area contributed by atoms with Gasteiger partial charge in [-0.2, -0.15) is 0 Å². The molecule has 4 atom stereocenters. The van der Waals surface area contributed by atoms with Crippen LogP contribution in [0.3, 0.4) is 0 Å². The maximum Gasteiger partial charge on any atom is 0.243 e. The number of aromatic nitrogens is 2. The standard InChI is InChI=1S/C43H55N9O5/c44-21-11-2-5-20-39(53)49-37(24-29-26-47-33-17-8-6-15-31(29)33)42(56)52-38(25-30-27-48-34-18-9-7-16-32(30)34)43(57)51-36(23-28-13-3-1-4-14-28)41(55)50-35(40(46)54)19-10-12-22-45/h1,3-4,6-9,13-18,26-27,35-38,47-48H,2,5,10-12,19-25,44-45H2,(H2,46,54)(H,49,53)(H,50,55)(H,51,57)(H,52,56)/t35-,36-,37+,38+/m0/s1. The molecule has 5 aromatic rings. The van der Waals surface area contributed by atoms with E-state index in [9.17, 15) is 24.0 Å². The monoisotopic (exact) mass is 777 g/mol. The van der Waals surface area contributed by atoms with Gasteiger partial charge in [-0.25, -0.2) is 0 Å². The van der Waals surface area contributed by atoms with Gasteiger partial charge in [0.2, 0.25) is 29.5 Å². The number of nitrogens with one attached hydrogen (secondary N) is 6. The number of primary amides is 1. The lowest BCUT2D eigenvalue weighted by Crippen LogP contribution is -2.59. The molecule has 2 aromatic heterocycles. The first kappa shape index (κ1) is 42.2. The van der Waals surface area contributed by atoms with Crippen LogP contribution >= 0.6 is 0 Å². The number of aromatic amines is 2. The van der Waals surface area contributed by atoms with Gasteiger partial charge in [0.25, 0.3) is 0 Å². The van der Waals surface area contributed by atoms with Crippen molar-refractivity contribution in [3.8, 4) is 0 Å². The summed E-state index contributed by atoms with van der Waals surface area (Å²) in [7, 11) is 0. The van der Waals surface area contributed by atoms with Crippen molar-refractivity contribution >= 4 is 51.3 Å². The van der Waals surface area contributed by atoms with E-state index in [1.165, 1.54) is 0 Å². The van der Waals surface area contributed by atoms with E-state index in [-0.39, 0.29) is 31.6 Å². The van der Waals surface area contributed by atoms with Crippen LogP contribution in [-0.2, 0) is 43.2 Å². The van der Waals surface area contributed by atoms with E-state index in [2.05, 4.69) is 31.2 Å². The first-order chi connectivity index (χ1) is 27.7. The molecule has 0 aliphatic carbocycles. The van der Waals surface area contributed by atoms with Gasteiger partial charge >= 0.3 is 0 Å². The average Bonchev–Trinajstić information content (AvgIpc) is 3.82. The number of para-hydroxylation sites is 2. The van der Waals surface area contributed by atoms with Crippen molar-refractivity contribution in [3.05, 3.63) is 108 Å². The predicted octanol–water partition coefficient (Wildman–Crippen LogP) is 2.75. The molecule has 0 fully saturated rings. The van der Waals surface area contributed by atoms with E-state index >= 15 is 0 Å². The van der Waals surface area contributed by atoms with Crippen molar-refractivity contribution in [2.75, 3.05) is 13.1 Å². The molecule has 0 radical (unpaired) electrons. The van der Waals surface area contributed by atoms with Crippen LogP contribution in [0.2, 0.25) is 0 Å². The molecule has 0 aliphatic heterocycles. The zero-order valence-electron chi connectivity index (χ0n) is 32.2. The lowest BCUT2D eigenvalue weighted by molar-refractivity contribution is -0.134. The van der Waals surface area contributed by atoms with Crippen LogP contribution in [0.4, 0.5) is 0 Å². The summed E-state index contributed by atoms with van der Waals surface area (Å²) in [5.41, 5.74) is 21.0. The molecule has 14 nitrogen and oxygen atoms in total. The second-order valence-corrected chi connectivity index (χ2v) is 14.4. The summed E-state index contributed by atoms with van der Waals surface area (Å²) in [4.78, 5) is 74.9. The Labute approximate surface area is 332 Å². The maximum absolute atomic E-state index is 14.5. The summed E-state index contributed by atoms with van der Waals surface area (Å²) in [6.07, 6.45) is 7.84. The molecule has 0 unspecified atom stereocenters. The van der Waals surface area contributed by atoms with Gasteiger partial charge in [0.1, 0.15) is 24.2 Å². The maximum atomic E-state index is 14.5. The van der Waals surface area contributed by atoms with Crippen LogP contribution in [0.25, 0.3) is 21.8 Å². The fraction of sp³-hybridized carbons (Fsp3) is 0.372. The van der Waals surface area contributed by atoms with Gasteiger partial charge in [0, 0.05) is 59.9 Å². The Hall–Kier alpha value is -5.99. The van der Waals surface area contributed by atoms with Gasteiger partial charge in [0.15, 0.2) is 0 Å². The largest absolute Gasteiger partial charge is 0.368 e. The summed E-state index contributed by atoms with van der Waals surface area (Å²) < 4.78 is 0. The Morgan fingerprint density at radius 3 is 1.54 bits per heavy atom. The minimum atomic E-state index is -1.17. The molecule has 0 saturated heterocycles. The van der Waals surface area contributed by atoms with Crippen LogP contribution in [0.1, 0.15) is 61.6 Å². The number of nitrogens with two attached hydrogens (primary N) is 3. The number of unbranched alkanes of at least 4 members (excludes halogenated alkanes) is 3. The Kier molecular flexibility index (Phi) is 15.8. The molecule has 12 N–H and O–H groups in total. The molecule has 5 rings (SSSR count). The third kappa shape index (κ3) is 12.2. The molecule has 0 spiro atoms. The van der Waals surface area contributed by atoms with Crippen LogP contribution in [-0.4, -0.2) is 76.8 Å². The van der Waals surface area contributed by atoms with E-state index in [1.807, 2.05) is 85.1 Å². The number of hydrogen-bond donors (Lipinski definition) is 9. The fourth-order valence-corrected chi connectivity index (χ4v) is 6.99. The number of carbonyl (C=O) groups is 5. The molecular weight excluding hydrogens is 723 g/mol. The highest BCUT2D eigenvalue weighted by Crippen LogP contribution is 2.21. The predicted molar refractivity (Wildman–Crippen MR) is 221 cm³/mol. The van der Waals surface area contributed by atoms with E-state index < -0.39 is 47.8 Å². The van der Waals surface area contributed by atoms with E-state index in [0.29, 0.717) is 38.8 Å². The normalized spacial score (nSPS) is 13.4.